The van der Waals surface area contributed by atoms with E-state index >= 15 is 0 Å². The first-order valence-electron chi connectivity index (χ1n) is 8.01. The minimum Gasteiger partial charge on any atom is -0.494 e. The van der Waals surface area contributed by atoms with E-state index in [1.165, 1.54) is 6.07 Å². The van der Waals surface area contributed by atoms with Gasteiger partial charge in [-0.3, -0.25) is 4.18 Å². The van der Waals surface area contributed by atoms with Crippen LogP contribution in [0.1, 0.15) is 12.5 Å². The molecule has 0 spiro atoms. The zero-order valence-corrected chi connectivity index (χ0v) is 16.1. The summed E-state index contributed by atoms with van der Waals surface area (Å²) >= 11 is 6.08. The normalized spacial score (nSPS) is 12.6. The van der Waals surface area contributed by atoms with Gasteiger partial charge in [0.25, 0.3) is 10.1 Å². The Balaban J connectivity index is 1.89. The molecule has 6 nitrogen and oxygen atoms in total. The van der Waals surface area contributed by atoms with Crippen LogP contribution in [0, 0.1) is 6.92 Å². The Morgan fingerprint density at radius 1 is 1.12 bits per heavy atom. The number of ether oxygens (including phenoxy) is 2. The minimum atomic E-state index is -3.95. The Labute approximate surface area is 158 Å². The van der Waals surface area contributed by atoms with Crippen molar-refractivity contribution in [3.63, 3.8) is 0 Å². The molecule has 1 N–H and O–H groups in total. The molecule has 0 fully saturated rings. The van der Waals surface area contributed by atoms with E-state index in [9.17, 15) is 13.5 Å². The van der Waals surface area contributed by atoms with E-state index in [0.29, 0.717) is 28.7 Å². The highest BCUT2D eigenvalue weighted by Gasteiger charge is 2.19. The van der Waals surface area contributed by atoms with Crippen LogP contribution >= 0.6 is 11.6 Å². The lowest BCUT2D eigenvalue weighted by Gasteiger charge is -2.14. The van der Waals surface area contributed by atoms with Gasteiger partial charge in [-0.2, -0.15) is 8.42 Å². The van der Waals surface area contributed by atoms with Crippen LogP contribution in [0.15, 0.2) is 47.4 Å². The number of halogens is 1. The number of aryl methyl sites for hydroxylation is 1. The van der Waals surface area contributed by atoms with Crippen LogP contribution in [0.25, 0.3) is 0 Å². The summed E-state index contributed by atoms with van der Waals surface area (Å²) in [4.78, 5) is 0.0719. The number of benzene rings is 2. The molecule has 0 saturated heterocycles. The molecule has 0 aliphatic heterocycles. The summed E-state index contributed by atoms with van der Waals surface area (Å²) in [5.41, 5.74) is 0.569. The molecule has 0 amide bonds. The predicted molar refractivity (Wildman–Crippen MR) is 98.4 cm³/mol. The second-order valence-corrected chi connectivity index (χ2v) is 7.49. The first kappa shape index (κ1) is 20.5. The van der Waals surface area contributed by atoms with Crippen molar-refractivity contribution in [1.82, 2.24) is 0 Å². The smallest absolute Gasteiger partial charge is 0.297 e. The fourth-order valence-corrected chi connectivity index (χ4v) is 3.55. The van der Waals surface area contributed by atoms with Crippen LogP contribution in [0.3, 0.4) is 0 Å². The van der Waals surface area contributed by atoms with Crippen molar-refractivity contribution in [3.05, 3.63) is 53.1 Å². The first-order chi connectivity index (χ1) is 12.3. The van der Waals surface area contributed by atoms with Gasteiger partial charge in [0, 0.05) is 6.07 Å². The summed E-state index contributed by atoms with van der Waals surface area (Å²) in [6.45, 7) is 3.45. The molecule has 0 aliphatic carbocycles. The van der Waals surface area contributed by atoms with Gasteiger partial charge in [-0.25, -0.2) is 0 Å². The maximum absolute atomic E-state index is 12.2. The highest BCUT2D eigenvalue weighted by Crippen LogP contribution is 2.29. The predicted octanol–water partition coefficient (Wildman–Crippen LogP) is 3.19. The van der Waals surface area contributed by atoms with Gasteiger partial charge in [0.05, 0.1) is 23.1 Å². The Bertz CT molecular complexity index is 837. The topological polar surface area (TPSA) is 82.1 Å². The molecule has 26 heavy (non-hydrogen) atoms. The lowest BCUT2D eigenvalue weighted by atomic mass is 10.2. The van der Waals surface area contributed by atoms with Gasteiger partial charge in [-0.15, -0.1) is 0 Å². The van der Waals surface area contributed by atoms with Crippen molar-refractivity contribution in [2.75, 3.05) is 19.8 Å². The summed E-state index contributed by atoms with van der Waals surface area (Å²) in [6, 6.07) is 11.4. The monoisotopic (exact) mass is 400 g/mol. The van der Waals surface area contributed by atoms with E-state index < -0.39 is 22.8 Å². The second kappa shape index (κ2) is 9.23. The molecule has 0 bridgehead atoms. The van der Waals surface area contributed by atoms with E-state index in [0.717, 1.165) is 0 Å². The van der Waals surface area contributed by atoms with E-state index in [-0.39, 0.29) is 11.5 Å². The highest BCUT2D eigenvalue weighted by atomic mass is 35.5. The van der Waals surface area contributed by atoms with Gasteiger partial charge < -0.3 is 14.6 Å². The van der Waals surface area contributed by atoms with Crippen LogP contribution in [-0.4, -0.2) is 39.4 Å². The number of aliphatic hydroxyl groups is 1. The maximum Gasteiger partial charge on any atom is 0.297 e. The molecular formula is C18H21ClO6S. The van der Waals surface area contributed by atoms with Gasteiger partial charge in [0.1, 0.15) is 24.2 Å². The van der Waals surface area contributed by atoms with Crippen LogP contribution in [0.2, 0.25) is 5.02 Å². The van der Waals surface area contributed by atoms with E-state index in [1.807, 2.05) is 6.92 Å². The SMILES string of the molecule is CCOc1ccc(OCC(O)COS(=O)(=O)c2ccccc2C)c(Cl)c1. The molecule has 2 rings (SSSR count). The van der Waals surface area contributed by atoms with E-state index in [1.54, 1.807) is 43.3 Å². The Morgan fingerprint density at radius 2 is 1.85 bits per heavy atom. The van der Waals surface area contributed by atoms with Crippen molar-refractivity contribution in [2.45, 2.75) is 24.8 Å². The Hall–Kier alpha value is -1.80. The zero-order valence-electron chi connectivity index (χ0n) is 14.5. The van der Waals surface area contributed by atoms with Crippen molar-refractivity contribution in [3.8, 4) is 11.5 Å². The summed E-state index contributed by atoms with van der Waals surface area (Å²) in [7, 11) is -3.95. The van der Waals surface area contributed by atoms with Crippen LogP contribution in [0.5, 0.6) is 11.5 Å². The molecule has 0 aliphatic rings. The van der Waals surface area contributed by atoms with Gasteiger partial charge in [-0.05, 0) is 37.6 Å². The third kappa shape index (κ3) is 5.60. The highest BCUT2D eigenvalue weighted by molar-refractivity contribution is 7.86. The van der Waals surface area contributed by atoms with Crippen LogP contribution < -0.4 is 9.47 Å². The van der Waals surface area contributed by atoms with Crippen molar-refractivity contribution >= 4 is 21.7 Å². The molecule has 0 saturated carbocycles. The summed E-state index contributed by atoms with van der Waals surface area (Å²) in [6.07, 6.45) is -1.14. The van der Waals surface area contributed by atoms with Gasteiger partial charge in [-0.1, -0.05) is 29.8 Å². The molecule has 1 unspecified atom stereocenters. The summed E-state index contributed by atoms with van der Waals surface area (Å²) in [5, 5.41) is 10.3. The first-order valence-corrected chi connectivity index (χ1v) is 9.80. The lowest BCUT2D eigenvalue weighted by Crippen LogP contribution is -2.25. The second-order valence-electron chi connectivity index (χ2n) is 5.49. The summed E-state index contributed by atoms with van der Waals surface area (Å²) < 4.78 is 40.0. The van der Waals surface area contributed by atoms with E-state index in [2.05, 4.69) is 0 Å². The molecule has 1 atom stereocenters. The molecule has 0 heterocycles. The molecule has 2 aromatic rings. The standard InChI is InChI=1S/C18H21ClO6S/c1-3-23-15-8-9-17(16(19)10-15)24-11-14(20)12-25-26(21,22)18-7-5-4-6-13(18)2/h4-10,14,20H,3,11-12H2,1-2H3. The number of rotatable bonds is 9. The lowest BCUT2D eigenvalue weighted by molar-refractivity contribution is 0.0648. The molecule has 0 aromatic heterocycles. The Kier molecular flexibility index (Phi) is 7.28. The fraction of sp³-hybridized carbons (Fsp3) is 0.333. The zero-order chi connectivity index (χ0) is 19.2. The molecular weight excluding hydrogens is 380 g/mol. The number of hydrogen-bond acceptors (Lipinski definition) is 6. The maximum atomic E-state index is 12.2. The quantitative estimate of drug-likeness (QED) is 0.651. The number of hydrogen-bond donors (Lipinski definition) is 1. The van der Waals surface area contributed by atoms with Gasteiger partial charge in [0.15, 0.2) is 0 Å². The average molecular weight is 401 g/mol. The fourth-order valence-electron chi connectivity index (χ4n) is 2.16. The van der Waals surface area contributed by atoms with Crippen LogP contribution in [0.4, 0.5) is 0 Å². The Morgan fingerprint density at radius 3 is 2.50 bits per heavy atom. The van der Waals surface area contributed by atoms with Crippen molar-refractivity contribution in [2.24, 2.45) is 0 Å². The minimum absolute atomic E-state index is 0.0719. The van der Waals surface area contributed by atoms with Crippen LogP contribution in [-0.2, 0) is 14.3 Å². The molecule has 142 valence electrons. The molecule has 8 heteroatoms. The molecule has 2 aromatic carbocycles. The average Bonchev–Trinajstić information content (AvgIpc) is 2.60. The summed E-state index contributed by atoms with van der Waals surface area (Å²) in [5.74, 6) is 0.967. The number of aliphatic hydroxyl groups excluding tert-OH is 1. The largest absolute Gasteiger partial charge is 0.494 e. The van der Waals surface area contributed by atoms with Crippen molar-refractivity contribution < 1.29 is 27.2 Å². The molecule has 0 radical (unpaired) electrons. The van der Waals surface area contributed by atoms with Gasteiger partial charge in [0.2, 0.25) is 0 Å². The van der Waals surface area contributed by atoms with Gasteiger partial charge >= 0.3 is 0 Å². The van der Waals surface area contributed by atoms with E-state index in [4.69, 9.17) is 25.3 Å². The third-order valence-corrected chi connectivity index (χ3v) is 5.16. The third-order valence-electron chi connectivity index (χ3n) is 3.42. The van der Waals surface area contributed by atoms with Crippen molar-refractivity contribution in [1.29, 1.82) is 0 Å².